The number of nitrogens with two attached hydrogens (primary N) is 6. The number of rotatable bonds is 27. The maximum absolute atomic E-state index is 12.8. The summed E-state index contributed by atoms with van der Waals surface area (Å²) >= 11 is 0. The Bertz CT molecular complexity index is 3830. The Hall–Kier alpha value is -5.13. The van der Waals surface area contributed by atoms with Crippen LogP contribution in [0.5, 0.6) is 0 Å². The standard InChI is InChI=1S/C37H60N2O2.C36H58N2O2.C35H56N2O2/c1-24(2)8-6-9-25(3)32-14-15-33-31-13-12-27-22-30(16-18-36(27,4)34(31)17-19-37(32,33)5)41-35(40)11-7-10-26-20-28(38)23-29(39)21-26;1-23(2)7-6-8-24(3)31-12-13-32-30-11-10-26-21-29(15-17-35(26,4)33(30)16-18-36(31,32)5)40-34(39)14-9-25-19-27(37)22-28(38)20-25;1-22(2)7-6-8-23(3)30-11-12-31-29-10-9-25-20-28(13-15-34(25,4)32(29)14-16-35(30,31)5)39-33(38)19-24-17-26(36)21-27(37)18-24/h20-21,23-25,27,30-34H,6-19,22,38-39H2,1-5H3;19-20,22-24,26,29-33H,6-18,21,37-38H2,1-5H3;17-18,21-23,25,28-32H,6-16,19-20,36-37H2,1-5H3. The van der Waals surface area contributed by atoms with Gasteiger partial charge in [0, 0.05) is 47.0 Å². The molecule has 27 atom stereocenters. The molecule has 0 saturated heterocycles. The summed E-state index contributed by atoms with van der Waals surface area (Å²) in [6, 6.07) is 16.6. The van der Waals surface area contributed by atoms with Crippen LogP contribution in [0.4, 0.5) is 34.1 Å². The van der Waals surface area contributed by atoms with Crippen LogP contribution < -0.4 is 34.4 Å². The highest BCUT2D eigenvalue weighted by molar-refractivity contribution is 5.74. The zero-order valence-electron chi connectivity index (χ0n) is 78.7. The number of benzene rings is 3. The third-order valence-electron chi connectivity index (χ3n) is 38.3. The molecule has 672 valence electrons. The number of hydrogen-bond donors (Lipinski definition) is 6. The predicted octanol–water partition coefficient (Wildman–Crippen LogP) is 26.5. The fourth-order valence-electron chi connectivity index (χ4n) is 32.2. The summed E-state index contributed by atoms with van der Waals surface area (Å²) in [7, 11) is 0. The number of aryl methyl sites for hydroxylation is 2. The highest BCUT2D eigenvalue weighted by Crippen LogP contribution is 2.73. The van der Waals surface area contributed by atoms with Gasteiger partial charge >= 0.3 is 17.9 Å². The highest BCUT2D eigenvalue weighted by Gasteiger charge is 2.65. The van der Waals surface area contributed by atoms with Crippen molar-refractivity contribution in [1.82, 2.24) is 0 Å². The number of fused-ring (bicyclic) bond motifs is 15. The van der Waals surface area contributed by atoms with E-state index in [2.05, 4.69) is 104 Å². The third kappa shape index (κ3) is 20.6. The fourth-order valence-corrected chi connectivity index (χ4v) is 32.2. The molecule has 12 aliphatic carbocycles. The van der Waals surface area contributed by atoms with Crippen molar-refractivity contribution in [1.29, 1.82) is 0 Å². The lowest BCUT2D eigenvalue weighted by Crippen LogP contribution is -2.54. The van der Waals surface area contributed by atoms with Crippen LogP contribution in [0.25, 0.3) is 0 Å². The Labute approximate surface area is 730 Å². The lowest BCUT2D eigenvalue weighted by molar-refractivity contribution is -0.163. The number of carbonyl (C=O) groups is 3. The second-order valence-corrected chi connectivity index (χ2v) is 46.8. The lowest BCUT2D eigenvalue weighted by Gasteiger charge is -2.61. The van der Waals surface area contributed by atoms with Crippen molar-refractivity contribution in [2.24, 2.45) is 157 Å². The molecule has 0 aliphatic heterocycles. The minimum Gasteiger partial charge on any atom is -0.462 e. The van der Waals surface area contributed by atoms with Gasteiger partial charge in [-0.05, 0) is 421 Å². The van der Waals surface area contributed by atoms with Gasteiger partial charge in [-0.25, -0.2) is 0 Å². The van der Waals surface area contributed by atoms with E-state index in [1.807, 2.05) is 36.4 Å². The molecule has 15 rings (SSSR count). The van der Waals surface area contributed by atoms with Crippen molar-refractivity contribution in [2.45, 2.75) is 392 Å². The van der Waals surface area contributed by atoms with E-state index in [0.29, 0.717) is 104 Å². The van der Waals surface area contributed by atoms with Crippen LogP contribution in [0, 0.1) is 157 Å². The number of carbonyl (C=O) groups excluding carboxylic acids is 3. The Kier molecular flexibility index (Phi) is 30.1. The van der Waals surface area contributed by atoms with E-state index in [1.54, 1.807) is 18.2 Å². The summed E-state index contributed by atoms with van der Waals surface area (Å²) in [5.41, 5.74) is 45.3. The molecule has 0 radical (unpaired) electrons. The Morgan fingerprint density at radius 2 is 0.592 bits per heavy atom. The van der Waals surface area contributed by atoms with Gasteiger partial charge in [0.25, 0.3) is 0 Å². The van der Waals surface area contributed by atoms with Crippen LogP contribution in [0.15, 0.2) is 54.6 Å². The van der Waals surface area contributed by atoms with Gasteiger partial charge in [-0.2, -0.15) is 0 Å². The molecule has 3 aromatic carbocycles. The van der Waals surface area contributed by atoms with E-state index >= 15 is 0 Å². The van der Waals surface area contributed by atoms with Gasteiger partial charge in [0.1, 0.15) is 18.3 Å². The lowest BCUT2D eigenvalue weighted by atomic mass is 9.44. The largest absolute Gasteiger partial charge is 0.462 e. The molecule has 12 aliphatic rings. The van der Waals surface area contributed by atoms with Gasteiger partial charge in [0.05, 0.1) is 6.42 Å². The molecule has 120 heavy (non-hydrogen) atoms. The first kappa shape index (κ1) is 92.5. The summed E-state index contributed by atoms with van der Waals surface area (Å²) in [5.74, 6) is 17.9. The summed E-state index contributed by atoms with van der Waals surface area (Å²) in [6.07, 6.45) is 51.7. The van der Waals surface area contributed by atoms with Crippen LogP contribution in [0.3, 0.4) is 0 Å². The summed E-state index contributed by atoms with van der Waals surface area (Å²) in [6.45, 7) is 37.9. The minimum atomic E-state index is -0.143. The molecular formula is C108H174N6O6. The molecule has 12 heteroatoms. The molecule has 0 aromatic heterocycles. The molecule has 3 aromatic rings. The maximum atomic E-state index is 12.8. The van der Waals surface area contributed by atoms with Crippen LogP contribution in [-0.2, 0) is 47.9 Å². The van der Waals surface area contributed by atoms with Gasteiger partial charge in [-0.3, -0.25) is 14.4 Å². The second kappa shape index (κ2) is 39.0. The van der Waals surface area contributed by atoms with Gasteiger partial charge in [0.15, 0.2) is 0 Å². The molecule has 0 heterocycles. The van der Waals surface area contributed by atoms with Gasteiger partial charge in [-0.1, -0.05) is 162 Å². The molecule has 12 nitrogen and oxygen atoms in total. The minimum absolute atomic E-state index is 0.0305. The van der Waals surface area contributed by atoms with Gasteiger partial charge in [0.2, 0.25) is 0 Å². The average molecular weight is 1650 g/mol. The molecule has 12 saturated carbocycles. The van der Waals surface area contributed by atoms with Crippen LogP contribution in [0.1, 0.15) is 371 Å². The normalized spacial score (nSPS) is 37.9. The number of hydrogen-bond acceptors (Lipinski definition) is 12. The zero-order chi connectivity index (χ0) is 86.0. The fraction of sp³-hybridized carbons (Fsp3) is 0.806. The topological polar surface area (TPSA) is 235 Å². The van der Waals surface area contributed by atoms with E-state index < -0.39 is 0 Å². The quantitative estimate of drug-likeness (QED) is 0.0238. The first-order valence-electron chi connectivity index (χ1n) is 50.5. The van der Waals surface area contributed by atoms with Crippen molar-refractivity contribution < 1.29 is 28.6 Å². The summed E-state index contributed by atoms with van der Waals surface area (Å²) in [5, 5.41) is 0. The smallest absolute Gasteiger partial charge is 0.310 e. The average Bonchev–Trinajstić information content (AvgIpc) is 1.47. The highest BCUT2D eigenvalue weighted by atomic mass is 16.6. The third-order valence-corrected chi connectivity index (χ3v) is 38.3. The molecule has 0 bridgehead atoms. The molecule has 0 spiro atoms. The van der Waals surface area contributed by atoms with Gasteiger partial charge < -0.3 is 48.6 Å². The van der Waals surface area contributed by atoms with E-state index in [1.165, 1.54) is 193 Å². The van der Waals surface area contributed by atoms with Crippen molar-refractivity contribution >= 4 is 52.0 Å². The van der Waals surface area contributed by atoms with Crippen LogP contribution in [0.2, 0.25) is 0 Å². The van der Waals surface area contributed by atoms with Crippen molar-refractivity contribution in [3.05, 3.63) is 71.3 Å². The summed E-state index contributed by atoms with van der Waals surface area (Å²) in [4.78, 5) is 38.4. The SMILES string of the molecule is CC(C)CCCC(C)C1CCC2C3CCC4CC(OC(=O)CCCc5cc(N)cc(N)c5)CCC4(C)C3CCC12C.CC(C)CCCC(C)C1CCC2C3CCC4CC(OC(=O)CCc5cc(N)cc(N)c5)CCC4(C)C3CCC12C.CC(C)CCCC(C)C1CCC2C3CCC4CC(OC(=O)Cc5cc(N)cc(N)c5)CCC4(C)C3CCC12C. The monoisotopic (exact) mass is 1650 g/mol. The Balaban J connectivity index is 0.000000156. The Morgan fingerprint density at radius 1 is 0.308 bits per heavy atom. The first-order chi connectivity index (χ1) is 57.0. The van der Waals surface area contributed by atoms with E-state index in [-0.39, 0.29) is 42.6 Å². The number of ether oxygens (including phenoxy) is 3. The van der Waals surface area contributed by atoms with Crippen LogP contribution >= 0.6 is 0 Å². The number of anilines is 6. The van der Waals surface area contributed by atoms with Crippen molar-refractivity contribution in [3.8, 4) is 0 Å². The van der Waals surface area contributed by atoms with Gasteiger partial charge in [-0.15, -0.1) is 0 Å². The van der Waals surface area contributed by atoms with E-state index in [9.17, 15) is 14.4 Å². The zero-order valence-corrected chi connectivity index (χ0v) is 78.7. The molecule has 0 amide bonds. The predicted molar refractivity (Wildman–Crippen MR) is 500 cm³/mol. The summed E-state index contributed by atoms with van der Waals surface area (Å²) < 4.78 is 18.2. The first-order valence-corrected chi connectivity index (χ1v) is 50.5. The maximum Gasteiger partial charge on any atom is 0.310 e. The molecular weight excluding hydrogens is 1480 g/mol. The number of nitrogen functional groups attached to an aromatic ring is 6. The number of esters is 3. The Morgan fingerprint density at radius 3 is 0.917 bits per heavy atom. The molecule has 12 N–H and O–H groups in total. The molecule has 27 unspecified atom stereocenters. The second-order valence-electron chi connectivity index (χ2n) is 46.8. The van der Waals surface area contributed by atoms with Crippen LogP contribution in [-0.4, -0.2) is 36.2 Å². The van der Waals surface area contributed by atoms with Crippen molar-refractivity contribution in [3.63, 3.8) is 0 Å². The molecule has 12 fully saturated rings. The van der Waals surface area contributed by atoms with E-state index in [0.717, 1.165) is 175 Å². The van der Waals surface area contributed by atoms with Crippen molar-refractivity contribution in [2.75, 3.05) is 34.4 Å². The van der Waals surface area contributed by atoms with E-state index in [4.69, 9.17) is 48.6 Å².